The van der Waals surface area contributed by atoms with Crippen molar-refractivity contribution in [2.24, 2.45) is 0 Å². The minimum Gasteiger partial charge on any atom is -0.454 e. The molecule has 0 saturated heterocycles. The number of unbranched alkanes of at least 4 members (excludes halogenated alkanes) is 2. The highest BCUT2D eigenvalue weighted by molar-refractivity contribution is 5.69. The summed E-state index contributed by atoms with van der Waals surface area (Å²) in [6.07, 6.45) is 5.64. The first kappa shape index (κ1) is 26.1. The van der Waals surface area contributed by atoms with Gasteiger partial charge in [0.2, 0.25) is 6.79 Å². The van der Waals surface area contributed by atoms with E-state index in [1.807, 2.05) is 6.07 Å². The van der Waals surface area contributed by atoms with Crippen LogP contribution in [0, 0.1) is 0 Å². The number of hydrogen-bond acceptors (Lipinski definition) is 4. The average molecular weight is 510 g/mol. The lowest BCUT2D eigenvalue weighted by Crippen LogP contribution is -2.27. The predicted molar refractivity (Wildman–Crippen MR) is 154 cm³/mol. The predicted octanol–water partition coefficient (Wildman–Crippen LogP) is 8.11. The molecule has 1 atom stereocenters. The van der Waals surface area contributed by atoms with Gasteiger partial charge in [-0.2, -0.15) is 0 Å². The molecule has 3 aromatic carbocycles. The number of imidazole rings is 1. The first-order valence-electron chi connectivity index (χ1n) is 14.0. The van der Waals surface area contributed by atoms with Crippen molar-refractivity contribution in [3.63, 3.8) is 0 Å². The van der Waals surface area contributed by atoms with Gasteiger partial charge in [-0.25, -0.2) is 4.98 Å². The molecule has 2 heterocycles. The van der Waals surface area contributed by atoms with Crippen molar-refractivity contribution in [2.75, 3.05) is 13.8 Å². The van der Waals surface area contributed by atoms with E-state index in [0.717, 1.165) is 68.2 Å². The van der Waals surface area contributed by atoms with E-state index in [0.29, 0.717) is 6.79 Å². The summed E-state index contributed by atoms with van der Waals surface area (Å²) in [6, 6.07) is 27.9. The molecule has 0 saturated carbocycles. The lowest BCUT2D eigenvalue weighted by molar-refractivity contribution is 0.173. The fourth-order valence-electron chi connectivity index (χ4n) is 5.36. The van der Waals surface area contributed by atoms with Crippen LogP contribution in [0.5, 0.6) is 11.5 Å². The molecule has 198 valence electrons. The molecule has 1 aromatic heterocycles. The maximum Gasteiger partial charge on any atom is 0.231 e. The second kappa shape index (κ2) is 12.3. The molecule has 1 aliphatic rings. The van der Waals surface area contributed by atoms with E-state index in [1.54, 1.807) is 0 Å². The monoisotopic (exact) mass is 509 g/mol. The van der Waals surface area contributed by atoms with Crippen LogP contribution in [-0.4, -0.2) is 28.3 Å². The van der Waals surface area contributed by atoms with Crippen LogP contribution in [0.2, 0.25) is 0 Å². The zero-order valence-corrected chi connectivity index (χ0v) is 22.9. The Kier molecular flexibility index (Phi) is 8.44. The SMILES string of the molecule is CCCC[C@@H](c1c(-c2ccccc2)nc(-c2ccccc2)n1CCCC)N(C)Cc1ccc2c(c1)OCO2. The van der Waals surface area contributed by atoms with Crippen LogP contribution in [0.25, 0.3) is 22.6 Å². The third-order valence-corrected chi connectivity index (χ3v) is 7.37. The van der Waals surface area contributed by atoms with Gasteiger partial charge in [0.25, 0.3) is 0 Å². The smallest absolute Gasteiger partial charge is 0.231 e. The molecule has 5 nitrogen and oxygen atoms in total. The maximum absolute atomic E-state index is 5.67. The Morgan fingerprint density at radius 3 is 2.24 bits per heavy atom. The summed E-state index contributed by atoms with van der Waals surface area (Å²) in [5.41, 5.74) is 5.98. The van der Waals surface area contributed by atoms with Crippen LogP contribution in [0.1, 0.15) is 63.3 Å². The standard InChI is InChI=1S/C33H39N3O2/c1-4-6-18-28(35(3)23-25-19-20-29-30(22-25)38-24-37-29)32-31(26-14-10-8-11-15-26)34-33(36(32)21-7-5-2)27-16-12-9-13-17-27/h8-17,19-20,22,28H,4-7,18,21,23-24H2,1-3H3/t28-/m0/s1. The van der Waals surface area contributed by atoms with Crippen molar-refractivity contribution < 1.29 is 9.47 Å². The number of nitrogens with zero attached hydrogens (tertiary/aromatic N) is 3. The molecule has 0 bridgehead atoms. The first-order valence-corrected chi connectivity index (χ1v) is 14.0. The maximum atomic E-state index is 5.67. The van der Waals surface area contributed by atoms with E-state index in [-0.39, 0.29) is 6.04 Å². The van der Waals surface area contributed by atoms with E-state index >= 15 is 0 Å². The first-order chi connectivity index (χ1) is 18.7. The summed E-state index contributed by atoms with van der Waals surface area (Å²) in [7, 11) is 2.25. The molecule has 5 heteroatoms. The van der Waals surface area contributed by atoms with Crippen LogP contribution in [0.4, 0.5) is 0 Å². The zero-order valence-electron chi connectivity index (χ0n) is 22.9. The Labute approximate surface area is 227 Å². The van der Waals surface area contributed by atoms with E-state index in [1.165, 1.54) is 22.4 Å². The van der Waals surface area contributed by atoms with Gasteiger partial charge in [-0.3, -0.25) is 4.90 Å². The van der Waals surface area contributed by atoms with E-state index in [4.69, 9.17) is 14.5 Å². The van der Waals surface area contributed by atoms with Crippen molar-refractivity contribution in [3.05, 3.63) is 90.1 Å². The van der Waals surface area contributed by atoms with Gasteiger partial charge in [0.15, 0.2) is 11.5 Å². The largest absolute Gasteiger partial charge is 0.454 e. The summed E-state index contributed by atoms with van der Waals surface area (Å²) >= 11 is 0. The van der Waals surface area contributed by atoms with Gasteiger partial charge in [-0.1, -0.05) is 99.8 Å². The van der Waals surface area contributed by atoms with Crippen LogP contribution in [0.3, 0.4) is 0 Å². The van der Waals surface area contributed by atoms with Crippen molar-refractivity contribution in [1.82, 2.24) is 14.5 Å². The highest BCUT2D eigenvalue weighted by atomic mass is 16.7. The van der Waals surface area contributed by atoms with Crippen molar-refractivity contribution in [1.29, 1.82) is 0 Å². The van der Waals surface area contributed by atoms with Crippen LogP contribution in [0.15, 0.2) is 78.9 Å². The Balaban J connectivity index is 1.62. The van der Waals surface area contributed by atoms with E-state index < -0.39 is 0 Å². The van der Waals surface area contributed by atoms with E-state index in [9.17, 15) is 0 Å². The Bertz CT molecular complexity index is 1320. The Morgan fingerprint density at radius 2 is 1.53 bits per heavy atom. The molecule has 0 radical (unpaired) electrons. The van der Waals surface area contributed by atoms with Gasteiger partial charge in [0.1, 0.15) is 5.82 Å². The fraction of sp³-hybridized carbons (Fsp3) is 0.364. The second-order valence-electron chi connectivity index (χ2n) is 10.2. The van der Waals surface area contributed by atoms with E-state index in [2.05, 4.69) is 103 Å². The quantitative estimate of drug-likeness (QED) is 0.193. The molecule has 38 heavy (non-hydrogen) atoms. The number of rotatable bonds is 12. The molecule has 5 rings (SSSR count). The molecular formula is C33H39N3O2. The van der Waals surface area contributed by atoms with Gasteiger partial charge in [-0.15, -0.1) is 0 Å². The zero-order chi connectivity index (χ0) is 26.3. The highest BCUT2D eigenvalue weighted by Gasteiger charge is 2.29. The van der Waals surface area contributed by atoms with Crippen LogP contribution < -0.4 is 9.47 Å². The normalized spacial score (nSPS) is 13.3. The summed E-state index contributed by atoms with van der Waals surface area (Å²) in [4.78, 5) is 7.86. The summed E-state index contributed by atoms with van der Waals surface area (Å²) < 4.78 is 13.7. The van der Waals surface area contributed by atoms with Gasteiger partial charge in [0, 0.05) is 24.2 Å². The van der Waals surface area contributed by atoms with Crippen molar-refractivity contribution in [3.8, 4) is 34.1 Å². The summed E-state index contributed by atoms with van der Waals surface area (Å²) in [6.45, 7) is 6.61. The second-order valence-corrected chi connectivity index (χ2v) is 10.2. The van der Waals surface area contributed by atoms with Gasteiger partial charge < -0.3 is 14.0 Å². The average Bonchev–Trinajstić information content (AvgIpc) is 3.58. The van der Waals surface area contributed by atoms with Gasteiger partial charge in [-0.05, 0) is 37.6 Å². The number of hydrogen-bond donors (Lipinski definition) is 0. The molecular weight excluding hydrogens is 470 g/mol. The topological polar surface area (TPSA) is 39.5 Å². The fourth-order valence-corrected chi connectivity index (χ4v) is 5.36. The molecule has 0 fully saturated rings. The molecule has 4 aromatic rings. The third kappa shape index (κ3) is 5.63. The van der Waals surface area contributed by atoms with Crippen LogP contribution >= 0.6 is 0 Å². The highest BCUT2D eigenvalue weighted by Crippen LogP contribution is 2.39. The lowest BCUT2D eigenvalue weighted by Gasteiger charge is -2.30. The number of ether oxygens (including phenoxy) is 2. The third-order valence-electron chi connectivity index (χ3n) is 7.37. The van der Waals surface area contributed by atoms with Crippen molar-refractivity contribution >= 4 is 0 Å². The molecule has 0 unspecified atom stereocenters. The minimum atomic E-state index is 0.220. The summed E-state index contributed by atoms with van der Waals surface area (Å²) in [5, 5.41) is 0. The Hall–Kier alpha value is -3.57. The number of aromatic nitrogens is 2. The molecule has 0 amide bonds. The molecule has 0 N–H and O–H groups in total. The Morgan fingerprint density at radius 1 is 0.842 bits per heavy atom. The van der Waals surface area contributed by atoms with Gasteiger partial charge in [0.05, 0.1) is 17.4 Å². The number of fused-ring (bicyclic) bond motifs is 1. The van der Waals surface area contributed by atoms with Crippen LogP contribution in [-0.2, 0) is 13.1 Å². The van der Waals surface area contributed by atoms with Crippen molar-refractivity contribution in [2.45, 2.75) is 65.1 Å². The molecule has 0 spiro atoms. The lowest BCUT2D eigenvalue weighted by atomic mass is 9.99. The minimum absolute atomic E-state index is 0.220. The molecule has 0 aliphatic carbocycles. The number of benzene rings is 3. The van der Waals surface area contributed by atoms with Gasteiger partial charge >= 0.3 is 0 Å². The summed E-state index contributed by atoms with van der Waals surface area (Å²) in [5.74, 6) is 2.73. The molecule has 1 aliphatic heterocycles.